The van der Waals surface area contributed by atoms with E-state index in [-0.39, 0.29) is 6.04 Å². The number of rotatable bonds is 5. The third-order valence-electron chi connectivity index (χ3n) is 2.82. The monoisotopic (exact) mass is 247 g/mol. The molecule has 1 unspecified atom stereocenters. The van der Waals surface area contributed by atoms with Gasteiger partial charge >= 0.3 is 0 Å². The minimum absolute atomic E-state index is 0.0957. The van der Waals surface area contributed by atoms with E-state index in [9.17, 15) is 0 Å². The van der Waals surface area contributed by atoms with Crippen molar-refractivity contribution in [2.75, 3.05) is 14.2 Å². The Kier molecular flexibility index (Phi) is 3.94. The molecule has 1 heterocycles. The maximum absolute atomic E-state index is 5.22. The molecule has 5 heteroatoms. The number of aromatic nitrogens is 2. The summed E-state index contributed by atoms with van der Waals surface area (Å²) in [4.78, 5) is 4.35. The van der Waals surface area contributed by atoms with Crippen LogP contribution in [0.15, 0.2) is 28.8 Å². The summed E-state index contributed by atoms with van der Waals surface area (Å²) in [6.07, 6.45) is 0.632. The molecule has 0 aliphatic carbocycles. The Labute approximate surface area is 106 Å². The van der Waals surface area contributed by atoms with Crippen LogP contribution < -0.4 is 10.1 Å². The fraction of sp³-hybridized carbons (Fsp3) is 0.385. The highest BCUT2D eigenvalue weighted by atomic mass is 16.5. The fourth-order valence-electron chi connectivity index (χ4n) is 1.56. The normalized spacial score (nSPS) is 12.4. The predicted molar refractivity (Wildman–Crippen MR) is 67.6 cm³/mol. The van der Waals surface area contributed by atoms with Gasteiger partial charge in [0.15, 0.2) is 5.82 Å². The van der Waals surface area contributed by atoms with Gasteiger partial charge in [-0.05, 0) is 31.7 Å². The molecular weight excluding hydrogens is 230 g/mol. The minimum Gasteiger partial charge on any atom is -0.497 e. The minimum atomic E-state index is 0.0957. The molecule has 1 aromatic carbocycles. The molecule has 0 saturated heterocycles. The van der Waals surface area contributed by atoms with Crippen LogP contribution in [0.5, 0.6) is 5.75 Å². The molecule has 0 spiro atoms. The van der Waals surface area contributed by atoms with E-state index in [1.807, 2.05) is 38.2 Å². The summed E-state index contributed by atoms with van der Waals surface area (Å²) >= 11 is 0. The zero-order valence-corrected chi connectivity index (χ0v) is 10.8. The van der Waals surface area contributed by atoms with Crippen molar-refractivity contribution in [1.82, 2.24) is 15.5 Å². The highest BCUT2D eigenvalue weighted by molar-refractivity contribution is 5.28. The fourth-order valence-corrected chi connectivity index (χ4v) is 1.56. The van der Waals surface area contributed by atoms with Crippen LogP contribution in [0.2, 0.25) is 0 Å². The zero-order valence-electron chi connectivity index (χ0n) is 10.8. The summed E-state index contributed by atoms with van der Waals surface area (Å²) in [6.45, 7) is 1.99. The molecule has 1 aromatic heterocycles. The molecule has 1 atom stereocenters. The van der Waals surface area contributed by atoms with Gasteiger partial charge in [-0.25, -0.2) is 0 Å². The van der Waals surface area contributed by atoms with Crippen LogP contribution >= 0.6 is 0 Å². The summed E-state index contributed by atoms with van der Waals surface area (Å²) in [5.74, 6) is 2.15. The number of hydrogen-bond acceptors (Lipinski definition) is 5. The SMILES string of the molecule is CNC(C)c1noc(Cc2ccc(OC)cc2)n1. The van der Waals surface area contributed by atoms with E-state index in [2.05, 4.69) is 15.5 Å². The molecule has 0 bridgehead atoms. The second-order valence-corrected chi connectivity index (χ2v) is 4.08. The Morgan fingerprint density at radius 1 is 1.33 bits per heavy atom. The average Bonchev–Trinajstić information content (AvgIpc) is 2.87. The first-order chi connectivity index (χ1) is 8.72. The van der Waals surface area contributed by atoms with E-state index in [0.717, 1.165) is 11.3 Å². The Morgan fingerprint density at radius 2 is 2.06 bits per heavy atom. The van der Waals surface area contributed by atoms with E-state index in [1.54, 1.807) is 7.11 Å². The van der Waals surface area contributed by atoms with Gasteiger partial charge < -0.3 is 14.6 Å². The smallest absolute Gasteiger partial charge is 0.231 e. The summed E-state index contributed by atoms with van der Waals surface area (Å²) in [6, 6.07) is 7.92. The first kappa shape index (κ1) is 12.6. The van der Waals surface area contributed by atoms with Crippen LogP contribution in [0, 0.1) is 0 Å². The molecule has 2 aromatic rings. The lowest BCUT2D eigenvalue weighted by Gasteiger charge is -2.02. The van der Waals surface area contributed by atoms with Crippen molar-refractivity contribution in [2.24, 2.45) is 0 Å². The Morgan fingerprint density at radius 3 is 2.67 bits per heavy atom. The first-order valence-electron chi connectivity index (χ1n) is 5.85. The Bertz CT molecular complexity index is 493. The molecular formula is C13H17N3O2. The number of benzene rings is 1. The molecule has 0 saturated carbocycles. The second kappa shape index (κ2) is 5.64. The lowest BCUT2D eigenvalue weighted by Crippen LogP contribution is -2.13. The van der Waals surface area contributed by atoms with Crippen molar-refractivity contribution in [3.63, 3.8) is 0 Å². The van der Waals surface area contributed by atoms with Gasteiger partial charge in [0, 0.05) is 0 Å². The van der Waals surface area contributed by atoms with Crippen LogP contribution in [-0.2, 0) is 6.42 Å². The van der Waals surface area contributed by atoms with Crippen molar-refractivity contribution in [1.29, 1.82) is 0 Å². The number of methoxy groups -OCH3 is 1. The standard InChI is InChI=1S/C13H17N3O2/c1-9(14-2)13-15-12(18-16-13)8-10-4-6-11(17-3)7-5-10/h4-7,9,14H,8H2,1-3H3. The van der Waals surface area contributed by atoms with Gasteiger partial charge in [0.25, 0.3) is 0 Å². The van der Waals surface area contributed by atoms with Crippen molar-refractivity contribution in [3.05, 3.63) is 41.5 Å². The van der Waals surface area contributed by atoms with Gasteiger partial charge in [0.05, 0.1) is 19.6 Å². The van der Waals surface area contributed by atoms with Crippen molar-refractivity contribution in [3.8, 4) is 5.75 Å². The highest BCUT2D eigenvalue weighted by Gasteiger charge is 2.12. The molecule has 18 heavy (non-hydrogen) atoms. The van der Waals surface area contributed by atoms with Crippen LogP contribution in [0.25, 0.3) is 0 Å². The van der Waals surface area contributed by atoms with Gasteiger partial charge in [0.1, 0.15) is 5.75 Å². The van der Waals surface area contributed by atoms with Crippen molar-refractivity contribution < 1.29 is 9.26 Å². The zero-order chi connectivity index (χ0) is 13.0. The number of nitrogens with one attached hydrogen (secondary N) is 1. The van der Waals surface area contributed by atoms with Gasteiger partial charge in [-0.3, -0.25) is 0 Å². The van der Waals surface area contributed by atoms with Crippen molar-refractivity contribution >= 4 is 0 Å². The van der Waals surface area contributed by atoms with Crippen molar-refractivity contribution in [2.45, 2.75) is 19.4 Å². The molecule has 0 radical (unpaired) electrons. The third kappa shape index (κ3) is 2.87. The molecule has 0 aliphatic rings. The van der Waals surface area contributed by atoms with Crippen LogP contribution in [0.1, 0.15) is 30.2 Å². The maximum atomic E-state index is 5.22. The van der Waals surface area contributed by atoms with Crippen LogP contribution in [0.3, 0.4) is 0 Å². The topological polar surface area (TPSA) is 60.2 Å². The first-order valence-corrected chi connectivity index (χ1v) is 5.85. The number of ether oxygens (including phenoxy) is 1. The average molecular weight is 247 g/mol. The molecule has 2 rings (SSSR count). The highest BCUT2D eigenvalue weighted by Crippen LogP contribution is 2.15. The lowest BCUT2D eigenvalue weighted by molar-refractivity contribution is 0.374. The maximum Gasteiger partial charge on any atom is 0.231 e. The van der Waals surface area contributed by atoms with Gasteiger partial charge in [-0.1, -0.05) is 17.3 Å². The second-order valence-electron chi connectivity index (χ2n) is 4.08. The van der Waals surface area contributed by atoms with E-state index in [4.69, 9.17) is 9.26 Å². The molecule has 0 aliphatic heterocycles. The summed E-state index contributed by atoms with van der Waals surface area (Å²) < 4.78 is 10.3. The molecule has 0 fully saturated rings. The summed E-state index contributed by atoms with van der Waals surface area (Å²) in [5.41, 5.74) is 1.11. The predicted octanol–water partition coefficient (Wildman–Crippen LogP) is 1.95. The van der Waals surface area contributed by atoms with E-state index in [1.165, 1.54) is 0 Å². The van der Waals surface area contributed by atoms with Crippen LogP contribution in [0.4, 0.5) is 0 Å². The lowest BCUT2D eigenvalue weighted by atomic mass is 10.1. The van der Waals surface area contributed by atoms with E-state index >= 15 is 0 Å². The summed E-state index contributed by atoms with van der Waals surface area (Å²) in [7, 11) is 3.52. The Balaban J connectivity index is 2.06. The molecule has 5 nitrogen and oxygen atoms in total. The van der Waals surface area contributed by atoms with E-state index in [0.29, 0.717) is 18.1 Å². The largest absolute Gasteiger partial charge is 0.497 e. The summed E-state index contributed by atoms with van der Waals surface area (Å²) in [5, 5.41) is 7.02. The molecule has 0 amide bonds. The number of hydrogen-bond donors (Lipinski definition) is 1. The number of nitrogens with zero attached hydrogens (tertiary/aromatic N) is 2. The van der Waals surface area contributed by atoms with E-state index < -0.39 is 0 Å². The van der Waals surface area contributed by atoms with Gasteiger partial charge in [0.2, 0.25) is 5.89 Å². The Hall–Kier alpha value is -1.88. The molecule has 96 valence electrons. The van der Waals surface area contributed by atoms with Gasteiger partial charge in [-0.15, -0.1) is 0 Å². The third-order valence-corrected chi connectivity index (χ3v) is 2.82. The van der Waals surface area contributed by atoms with Crippen LogP contribution in [-0.4, -0.2) is 24.3 Å². The molecule has 1 N–H and O–H groups in total. The quantitative estimate of drug-likeness (QED) is 0.875. The van der Waals surface area contributed by atoms with Gasteiger partial charge in [-0.2, -0.15) is 4.98 Å².